The third-order valence-electron chi connectivity index (χ3n) is 4.27. The molecule has 0 fully saturated rings. The van der Waals surface area contributed by atoms with Crippen molar-refractivity contribution in [2.45, 2.75) is 43.2 Å². The fourth-order valence-corrected chi connectivity index (χ4v) is 3.83. The van der Waals surface area contributed by atoms with Gasteiger partial charge in [-0.2, -0.15) is 4.98 Å². The lowest BCUT2D eigenvalue weighted by molar-refractivity contribution is 0.565. The molecule has 0 aliphatic heterocycles. The summed E-state index contributed by atoms with van der Waals surface area (Å²) in [5.41, 5.74) is 1.74. The summed E-state index contributed by atoms with van der Waals surface area (Å²) >= 11 is 0. The molecule has 1 N–H and O–H groups in total. The molecule has 0 amide bonds. The van der Waals surface area contributed by atoms with Crippen molar-refractivity contribution in [2.24, 2.45) is 0 Å². The third kappa shape index (κ3) is 3.51. The van der Waals surface area contributed by atoms with Gasteiger partial charge in [0.25, 0.3) is 0 Å². The second-order valence-corrected chi connectivity index (χ2v) is 8.10. The lowest BCUT2D eigenvalue weighted by Gasteiger charge is -2.11. The first-order valence-corrected chi connectivity index (χ1v) is 10.0. The van der Waals surface area contributed by atoms with E-state index in [1.54, 1.807) is 30.3 Å². The van der Waals surface area contributed by atoms with Crippen molar-refractivity contribution in [3.63, 3.8) is 0 Å². The highest BCUT2D eigenvalue weighted by Crippen LogP contribution is 2.33. The van der Waals surface area contributed by atoms with Crippen molar-refractivity contribution in [1.82, 2.24) is 4.98 Å². The monoisotopic (exact) mass is 370 g/mol. The summed E-state index contributed by atoms with van der Waals surface area (Å²) in [5.74, 6) is 0.477. The molecule has 0 aliphatic rings. The molecule has 0 saturated carbocycles. The van der Waals surface area contributed by atoms with E-state index in [9.17, 15) is 8.42 Å². The largest absolute Gasteiger partial charge is 0.419 e. The third-order valence-corrected chi connectivity index (χ3v) is 5.95. The van der Waals surface area contributed by atoms with E-state index in [1.807, 2.05) is 45.0 Å². The predicted octanol–water partition coefficient (Wildman–Crippen LogP) is 4.69. The lowest BCUT2D eigenvalue weighted by Crippen LogP contribution is -2.15. The molecule has 5 nitrogen and oxygen atoms in total. The highest BCUT2D eigenvalue weighted by Gasteiger charge is 2.29. The first-order chi connectivity index (χ1) is 12.4. The minimum absolute atomic E-state index is 0.0531. The Hall–Kier alpha value is -2.60. The van der Waals surface area contributed by atoms with Gasteiger partial charge in [0.1, 0.15) is 0 Å². The van der Waals surface area contributed by atoms with E-state index in [0.717, 1.165) is 17.5 Å². The predicted molar refractivity (Wildman–Crippen MR) is 102 cm³/mol. The van der Waals surface area contributed by atoms with Gasteiger partial charge in [-0.05, 0) is 44.0 Å². The molecule has 2 aromatic carbocycles. The van der Waals surface area contributed by atoms with Gasteiger partial charge in [0.15, 0.2) is 0 Å². The molecule has 1 aromatic heterocycles. The minimum Gasteiger partial charge on any atom is -0.419 e. The Bertz CT molecular complexity index is 995. The summed E-state index contributed by atoms with van der Waals surface area (Å²) in [6.45, 7) is 5.92. The van der Waals surface area contributed by atoms with Gasteiger partial charge in [-0.1, -0.05) is 43.3 Å². The number of hydrogen-bond donors (Lipinski definition) is 1. The Labute approximate surface area is 154 Å². The summed E-state index contributed by atoms with van der Waals surface area (Å²) in [6, 6.07) is 15.9. The number of rotatable bonds is 6. The molecule has 6 heteroatoms. The second-order valence-electron chi connectivity index (χ2n) is 6.24. The van der Waals surface area contributed by atoms with E-state index in [1.165, 1.54) is 0 Å². The number of nitrogens with one attached hydrogen (secondary N) is 1. The summed E-state index contributed by atoms with van der Waals surface area (Å²) in [6.07, 6.45) is 0.825. The van der Waals surface area contributed by atoms with Gasteiger partial charge in [0.05, 0.1) is 4.90 Å². The van der Waals surface area contributed by atoms with Crippen LogP contribution < -0.4 is 5.32 Å². The summed E-state index contributed by atoms with van der Waals surface area (Å²) in [4.78, 5) is 4.55. The molecule has 136 valence electrons. The molecule has 0 saturated heterocycles. The van der Waals surface area contributed by atoms with E-state index < -0.39 is 9.84 Å². The van der Waals surface area contributed by atoms with Gasteiger partial charge in [-0.15, -0.1) is 0 Å². The van der Waals surface area contributed by atoms with E-state index in [-0.39, 0.29) is 21.8 Å². The van der Waals surface area contributed by atoms with E-state index in [2.05, 4.69) is 10.3 Å². The van der Waals surface area contributed by atoms with Crippen molar-refractivity contribution in [2.75, 3.05) is 5.32 Å². The standard InChI is InChI=1S/C20H22N2O3S/c1-4-15(3)21-19-20(26(23,24)16-11-6-5-7-12-16)22-18(25-19)17-13-9-8-10-14(17)2/h5-13,15,21H,4H2,1-3H3. The summed E-state index contributed by atoms with van der Waals surface area (Å²) in [7, 11) is -3.79. The molecule has 0 aliphatic carbocycles. The van der Waals surface area contributed by atoms with Gasteiger partial charge in [-0.3, -0.25) is 0 Å². The lowest BCUT2D eigenvalue weighted by atomic mass is 10.1. The molecule has 0 bridgehead atoms. The molecule has 1 unspecified atom stereocenters. The molecular weight excluding hydrogens is 348 g/mol. The van der Waals surface area contributed by atoms with Crippen LogP contribution in [-0.4, -0.2) is 19.4 Å². The smallest absolute Gasteiger partial charge is 0.234 e. The van der Waals surface area contributed by atoms with Gasteiger partial charge >= 0.3 is 0 Å². The number of oxazole rings is 1. The Balaban J connectivity index is 2.16. The molecule has 0 radical (unpaired) electrons. The maximum atomic E-state index is 13.1. The highest BCUT2D eigenvalue weighted by atomic mass is 32.2. The Morgan fingerprint density at radius 1 is 1.08 bits per heavy atom. The molecule has 3 aromatic rings. The van der Waals surface area contributed by atoms with E-state index in [0.29, 0.717) is 5.89 Å². The van der Waals surface area contributed by atoms with Crippen molar-refractivity contribution in [3.8, 4) is 11.5 Å². The van der Waals surface area contributed by atoms with Crippen LogP contribution in [0.25, 0.3) is 11.5 Å². The van der Waals surface area contributed by atoms with Crippen LogP contribution in [0.5, 0.6) is 0 Å². The molecule has 0 spiro atoms. The summed E-state index contributed by atoms with van der Waals surface area (Å²) in [5, 5.41) is 3.06. The average Bonchev–Trinajstić information content (AvgIpc) is 3.07. The Morgan fingerprint density at radius 2 is 1.73 bits per heavy atom. The van der Waals surface area contributed by atoms with Crippen LogP contribution in [0.2, 0.25) is 0 Å². The van der Waals surface area contributed by atoms with Crippen LogP contribution in [0.15, 0.2) is 68.9 Å². The Morgan fingerprint density at radius 3 is 2.38 bits per heavy atom. The maximum absolute atomic E-state index is 13.1. The van der Waals surface area contributed by atoms with Gasteiger partial charge in [0, 0.05) is 11.6 Å². The fraction of sp³-hybridized carbons (Fsp3) is 0.250. The number of anilines is 1. The molecule has 1 atom stereocenters. The first-order valence-electron chi connectivity index (χ1n) is 8.57. The van der Waals surface area contributed by atoms with Gasteiger partial charge in [-0.25, -0.2) is 8.42 Å². The van der Waals surface area contributed by atoms with Crippen LogP contribution in [0.4, 0.5) is 5.88 Å². The summed E-state index contributed by atoms with van der Waals surface area (Å²) < 4.78 is 32.0. The topological polar surface area (TPSA) is 72.2 Å². The maximum Gasteiger partial charge on any atom is 0.234 e. The number of aromatic nitrogens is 1. The van der Waals surface area contributed by atoms with Gasteiger partial charge in [0.2, 0.25) is 26.6 Å². The molecule has 26 heavy (non-hydrogen) atoms. The number of sulfone groups is 1. The van der Waals surface area contributed by atoms with Crippen molar-refractivity contribution < 1.29 is 12.8 Å². The van der Waals surface area contributed by atoms with Crippen molar-refractivity contribution in [1.29, 1.82) is 0 Å². The quantitative estimate of drug-likeness (QED) is 0.681. The fourth-order valence-electron chi connectivity index (χ4n) is 2.54. The van der Waals surface area contributed by atoms with Crippen molar-refractivity contribution >= 4 is 15.7 Å². The number of benzene rings is 2. The molecule has 1 heterocycles. The van der Waals surface area contributed by atoms with Gasteiger partial charge < -0.3 is 9.73 Å². The van der Waals surface area contributed by atoms with Crippen LogP contribution in [-0.2, 0) is 9.84 Å². The van der Waals surface area contributed by atoms with Crippen molar-refractivity contribution in [3.05, 3.63) is 60.2 Å². The molecular formula is C20H22N2O3S. The normalized spacial score (nSPS) is 12.7. The Kier molecular flexibility index (Phi) is 5.13. The molecule has 3 rings (SSSR count). The first kappa shape index (κ1) is 18.2. The van der Waals surface area contributed by atoms with Crippen LogP contribution in [0.1, 0.15) is 25.8 Å². The number of nitrogens with zero attached hydrogens (tertiary/aromatic N) is 1. The zero-order valence-electron chi connectivity index (χ0n) is 15.1. The van der Waals surface area contributed by atoms with E-state index >= 15 is 0 Å². The zero-order chi connectivity index (χ0) is 18.7. The van der Waals surface area contributed by atoms with E-state index in [4.69, 9.17) is 4.42 Å². The number of aryl methyl sites for hydroxylation is 1. The van der Waals surface area contributed by atoms with Crippen LogP contribution in [0, 0.1) is 6.92 Å². The highest BCUT2D eigenvalue weighted by molar-refractivity contribution is 7.91. The van der Waals surface area contributed by atoms with Crippen LogP contribution >= 0.6 is 0 Å². The van der Waals surface area contributed by atoms with Crippen LogP contribution in [0.3, 0.4) is 0 Å². The zero-order valence-corrected chi connectivity index (χ0v) is 15.9. The minimum atomic E-state index is -3.79. The SMILES string of the molecule is CCC(C)Nc1oc(-c2ccccc2C)nc1S(=O)(=O)c1ccccc1. The second kappa shape index (κ2) is 7.33. The number of hydrogen-bond acceptors (Lipinski definition) is 5. The average molecular weight is 370 g/mol.